The van der Waals surface area contributed by atoms with E-state index in [4.69, 9.17) is 9.47 Å². The molecule has 2 aromatic rings. The average molecular weight is 299 g/mol. The Morgan fingerprint density at radius 3 is 2.55 bits per heavy atom. The molecule has 3 rings (SSSR count). The van der Waals surface area contributed by atoms with Crippen LogP contribution < -0.4 is 10.1 Å². The molecule has 22 heavy (non-hydrogen) atoms. The van der Waals surface area contributed by atoms with Crippen LogP contribution in [0.3, 0.4) is 0 Å². The van der Waals surface area contributed by atoms with Crippen LogP contribution in [0.2, 0.25) is 0 Å². The van der Waals surface area contributed by atoms with Crippen LogP contribution in [0.5, 0.6) is 5.75 Å². The lowest BCUT2D eigenvalue weighted by molar-refractivity contribution is -0.0169. The molecule has 0 saturated carbocycles. The lowest BCUT2D eigenvalue weighted by Gasteiger charge is -2.15. The number of ether oxygens (including phenoxy) is 2. The van der Waals surface area contributed by atoms with Gasteiger partial charge in [0.15, 0.2) is 0 Å². The lowest BCUT2D eigenvalue weighted by Crippen LogP contribution is -2.26. The highest BCUT2D eigenvalue weighted by molar-refractivity contribution is 5.70. The van der Waals surface area contributed by atoms with Crippen molar-refractivity contribution >= 4 is 0 Å². The molecule has 1 aliphatic heterocycles. The number of hydrogen-bond donors (Lipinski definition) is 2. The minimum atomic E-state index is -0.409. The highest BCUT2D eigenvalue weighted by Gasteiger charge is 2.25. The molecule has 0 aromatic heterocycles. The van der Waals surface area contributed by atoms with Crippen molar-refractivity contribution < 1.29 is 14.6 Å². The standard InChI is InChI=1S/C18H21NO3/c1-21-17-5-3-2-4-15(17)14-8-6-13(7-9-14)12-22-18-11-19-10-16(18)20/h2-9,16,18-20H,10-12H2,1H3/t16-,18-/m0/s1. The van der Waals surface area contributed by atoms with Gasteiger partial charge in [0.25, 0.3) is 0 Å². The van der Waals surface area contributed by atoms with Gasteiger partial charge < -0.3 is 19.9 Å². The summed E-state index contributed by atoms with van der Waals surface area (Å²) in [7, 11) is 1.68. The Bertz CT molecular complexity index is 612. The maximum Gasteiger partial charge on any atom is 0.126 e. The van der Waals surface area contributed by atoms with E-state index in [0.29, 0.717) is 19.7 Å². The molecule has 0 spiro atoms. The Kier molecular flexibility index (Phi) is 4.73. The quantitative estimate of drug-likeness (QED) is 0.889. The van der Waals surface area contributed by atoms with Gasteiger partial charge in [-0.25, -0.2) is 0 Å². The number of rotatable bonds is 5. The van der Waals surface area contributed by atoms with Crippen LogP contribution in [0, 0.1) is 0 Å². The second-order valence-corrected chi connectivity index (χ2v) is 5.47. The van der Waals surface area contributed by atoms with Crippen molar-refractivity contribution in [1.82, 2.24) is 5.32 Å². The van der Waals surface area contributed by atoms with Crippen LogP contribution in [-0.4, -0.2) is 37.5 Å². The molecule has 1 aliphatic rings. The molecule has 0 bridgehead atoms. The molecule has 1 heterocycles. The summed E-state index contributed by atoms with van der Waals surface area (Å²) in [6, 6.07) is 16.2. The Hall–Kier alpha value is -1.88. The number of aliphatic hydroxyl groups is 1. The van der Waals surface area contributed by atoms with E-state index < -0.39 is 6.10 Å². The van der Waals surface area contributed by atoms with E-state index in [-0.39, 0.29) is 6.10 Å². The maximum atomic E-state index is 9.72. The number of nitrogens with one attached hydrogen (secondary N) is 1. The summed E-state index contributed by atoms with van der Waals surface area (Å²) in [5, 5.41) is 12.8. The number of benzene rings is 2. The minimum Gasteiger partial charge on any atom is -0.496 e. The van der Waals surface area contributed by atoms with E-state index in [1.54, 1.807) is 7.11 Å². The van der Waals surface area contributed by atoms with E-state index in [0.717, 1.165) is 22.4 Å². The third-order valence-corrected chi connectivity index (χ3v) is 3.96. The summed E-state index contributed by atoms with van der Waals surface area (Å²) >= 11 is 0. The Balaban J connectivity index is 1.67. The van der Waals surface area contributed by atoms with Crippen LogP contribution in [0.25, 0.3) is 11.1 Å². The van der Waals surface area contributed by atoms with Crippen molar-refractivity contribution in [3.05, 3.63) is 54.1 Å². The van der Waals surface area contributed by atoms with Gasteiger partial charge in [-0.2, -0.15) is 0 Å². The fourth-order valence-electron chi connectivity index (χ4n) is 2.68. The van der Waals surface area contributed by atoms with E-state index in [1.165, 1.54) is 0 Å². The molecule has 116 valence electrons. The zero-order valence-electron chi connectivity index (χ0n) is 12.7. The largest absolute Gasteiger partial charge is 0.496 e. The molecule has 0 radical (unpaired) electrons. The van der Waals surface area contributed by atoms with E-state index in [1.807, 2.05) is 24.3 Å². The number of methoxy groups -OCH3 is 1. The van der Waals surface area contributed by atoms with Gasteiger partial charge in [0.05, 0.1) is 25.9 Å². The van der Waals surface area contributed by atoms with Crippen LogP contribution in [0.4, 0.5) is 0 Å². The van der Waals surface area contributed by atoms with Gasteiger partial charge in [-0.15, -0.1) is 0 Å². The van der Waals surface area contributed by atoms with Gasteiger partial charge in [-0.3, -0.25) is 0 Å². The molecule has 2 N–H and O–H groups in total. The molecule has 2 aromatic carbocycles. The van der Waals surface area contributed by atoms with Gasteiger partial charge >= 0.3 is 0 Å². The highest BCUT2D eigenvalue weighted by atomic mass is 16.5. The molecular formula is C18H21NO3. The van der Waals surface area contributed by atoms with Crippen molar-refractivity contribution in [2.24, 2.45) is 0 Å². The summed E-state index contributed by atoms with van der Waals surface area (Å²) in [6.45, 7) is 1.83. The maximum absolute atomic E-state index is 9.72. The van der Waals surface area contributed by atoms with Gasteiger partial charge in [-0.05, 0) is 17.2 Å². The zero-order valence-corrected chi connectivity index (χ0v) is 12.7. The second kappa shape index (κ2) is 6.92. The molecular weight excluding hydrogens is 278 g/mol. The average Bonchev–Trinajstić information content (AvgIpc) is 2.98. The van der Waals surface area contributed by atoms with Gasteiger partial charge in [0.1, 0.15) is 5.75 Å². The first-order chi connectivity index (χ1) is 10.8. The number of aliphatic hydroxyl groups excluding tert-OH is 1. The Labute approximate surface area is 130 Å². The predicted molar refractivity (Wildman–Crippen MR) is 85.9 cm³/mol. The SMILES string of the molecule is COc1ccccc1-c1ccc(CO[C@H]2CNC[C@@H]2O)cc1. The lowest BCUT2D eigenvalue weighted by atomic mass is 10.0. The smallest absolute Gasteiger partial charge is 0.126 e. The number of para-hydroxylation sites is 1. The Morgan fingerprint density at radius 1 is 1.09 bits per heavy atom. The number of β-amino-alcohol motifs (C(OH)–C–C–N with tert-alkyl or cyclic N) is 1. The molecule has 0 unspecified atom stereocenters. The minimum absolute atomic E-state index is 0.117. The summed E-state index contributed by atoms with van der Waals surface area (Å²) in [4.78, 5) is 0. The summed E-state index contributed by atoms with van der Waals surface area (Å²) in [5.74, 6) is 0.867. The van der Waals surface area contributed by atoms with Crippen molar-refractivity contribution in [2.75, 3.05) is 20.2 Å². The van der Waals surface area contributed by atoms with Crippen LogP contribution in [0.15, 0.2) is 48.5 Å². The Morgan fingerprint density at radius 2 is 1.86 bits per heavy atom. The molecule has 1 saturated heterocycles. The highest BCUT2D eigenvalue weighted by Crippen LogP contribution is 2.29. The molecule has 2 atom stereocenters. The van der Waals surface area contributed by atoms with Crippen molar-refractivity contribution in [3.8, 4) is 16.9 Å². The van der Waals surface area contributed by atoms with Crippen molar-refractivity contribution in [3.63, 3.8) is 0 Å². The fourth-order valence-corrected chi connectivity index (χ4v) is 2.68. The normalized spacial score (nSPS) is 21.0. The fraction of sp³-hybridized carbons (Fsp3) is 0.333. The molecule has 4 heteroatoms. The van der Waals surface area contributed by atoms with E-state index >= 15 is 0 Å². The first-order valence-corrected chi connectivity index (χ1v) is 7.50. The van der Waals surface area contributed by atoms with Crippen LogP contribution in [0.1, 0.15) is 5.56 Å². The molecule has 0 aliphatic carbocycles. The van der Waals surface area contributed by atoms with Crippen LogP contribution in [-0.2, 0) is 11.3 Å². The molecule has 4 nitrogen and oxygen atoms in total. The van der Waals surface area contributed by atoms with Crippen molar-refractivity contribution in [2.45, 2.75) is 18.8 Å². The molecule has 0 amide bonds. The van der Waals surface area contributed by atoms with Gasteiger partial charge in [-0.1, -0.05) is 42.5 Å². The predicted octanol–water partition coefficient (Wildman–Crippen LogP) is 2.21. The molecule has 1 fully saturated rings. The van der Waals surface area contributed by atoms with Crippen molar-refractivity contribution in [1.29, 1.82) is 0 Å². The first kappa shape index (κ1) is 15.0. The van der Waals surface area contributed by atoms with Gasteiger partial charge in [0, 0.05) is 18.7 Å². The van der Waals surface area contributed by atoms with Gasteiger partial charge in [0.2, 0.25) is 0 Å². The monoisotopic (exact) mass is 299 g/mol. The third kappa shape index (κ3) is 3.30. The third-order valence-electron chi connectivity index (χ3n) is 3.96. The number of hydrogen-bond acceptors (Lipinski definition) is 4. The second-order valence-electron chi connectivity index (χ2n) is 5.47. The van der Waals surface area contributed by atoms with E-state index in [9.17, 15) is 5.11 Å². The topological polar surface area (TPSA) is 50.7 Å². The summed E-state index contributed by atoms with van der Waals surface area (Å²) in [6.07, 6.45) is -0.526. The summed E-state index contributed by atoms with van der Waals surface area (Å²) in [5.41, 5.74) is 3.29. The van der Waals surface area contributed by atoms with Crippen LogP contribution >= 0.6 is 0 Å². The van der Waals surface area contributed by atoms with E-state index in [2.05, 4.69) is 29.6 Å². The summed E-state index contributed by atoms with van der Waals surface area (Å²) < 4.78 is 11.2. The first-order valence-electron chi connectivity index (χ1n) is 7.50. The zero-order chi connectivity index (χ0) is 15.4.